The smallest absolute Gasteiger partial charge is 0.348 e. The maximum atomic E-state index is 11.8. The third-order valence-corrected chi connectivity index (χ3v) is 2.89. The van der Waals surface area contributed by atoms with Gasteiger partial charge in [-0.2, -0.15) is 0 Å². The minimum atomic E-state index is -2.28. The van der Waals surface area contributed by atoms with Crippen molar-refractivity contribution in [1.29, 1.82) is 0 Å². The maximum absolute atomic E-state index is 11.8. The first-order valence-corrected chi connectivity index (χ1v) is 5.80. The van der Waals surface area contributed by atoms with Gasteiger partial charge >= 0.3 is 5.97 Å². The Hall–Kier alpha value is -2.21. The molecule has 1 aromatic carbocycles. The lowest BCUT2D eigenvalue weighted by Crippen LogP contribution is -2.58. The van der Waals surface area contributed by atoms with Crippen LogP contribution in [0.15, 0.2) is 30.3 Å². The zero-order chi connectivity index (χ0) is 13.9. The van der Waals surface area contributed by atoms with E-state index in [1.54, 1.807) is 24.3 Å². The molecular weight excluding hydrogens is 250 g/mol. The van der Waals surface area contributed by atoms with Crippen LogP contribution in [0.4, 0.5) is 0 Å². The molecule has 0 spiro atoms. The second kappa shape index (κ2) is 5.19. The molecule has 1 aliphatic heterocycles. The van der Waals surface area contributed by atoms with E-state index in [0.29, 0.717) is 0 Å². The van der Waals surface area contributed by atoms with Gasteiger partial charge in [-0.3, -0.25) is 14.9 Å². The third-order valence-electron chi connectivity index (χ3n) is 2.89. The Bertz CT molecular complexity index is 513. The summed E-state index contributed by atoms with van der Waals surface area (Å²) in [4.78, 5) is 34.2. The first-order chi connectivity index (χ1) is 9.02. The molecule has 0 aromatic heterocycles. The summed E-state index contributed by atoms with van der Waals surface area (Å²) in [6.45, 7) is -0.0385. The van der Waals surface area contributed by atoms with Gasteiger partial charge in [0.1, 0.15) is 6.61 Å². The molecule has 1 heterocycles. The van der Waals surface area contributed by atoms with Crippen molar-refractivity contribution in [3.05, 3.63) is 35.9 Å². The van der Waals surface area contributed by atoms with Gasteiger partial charge in [-0.05, 0) is 5.56 Å². The summed E-state index contributed by atoms with van der Waals surface area (Å²) in [6.07, 6.45) is -0.353. The summed E-state index contributed by atoms with van der Waals surface area (Å²) < 4.78 is 4.92. The van der Waals surface area contributed by atoms with Gasteiger partial charge in [0, 0.05) is 12.8 Å². The fourth-order valence-electron chi connectivity index (χ4n) is 1.74. The molecule has 19 heavy (non-hydrogen) atoms. The maximum Gasteiger partial charge on any atom is 0.348 e. The van der Waals surface area contributed by atoms with Crippen LogP contribution in [0.3, 0.4) is 0 Å². The topological polar surface area (TPSA) is 92.7 Å². The Balaban J connectivity index is 1.99. The van der Waals surface area contributed by atoms with Crippen molar-refractivity contribution < 1.29 is 24.2 Å². The molecule has 2 amide bonds. The summed E-state index contributed by atoms with van der Waals surface area (Å²) in [5, 5.41) is 11.9. The lowest BCUT2D eigenvalue weighted by molar-refractivity contribution is -0.176. The Morgan fingerprint density at radius 3 is 2.63 bits per heavy atom. The Morgan fingerprint density at radius 1 is 1.32 bits per heavy atom. The van der Waals surface area contributed by atoms with Crippen LogP contribution in [0.2, 0.25) is 0 Å². The fourth-order valence-corrected chi connectivity index (χ4v) is 1.74. The van der Waals surface area contributed by atoms with Crippen molar-refractivity contribution in [1.82, 2.24) is 5.32 Å². The normalized spacial score (nSPS) is 22.8. The van der Waals surface area contributed by atoms with Gasteiger partial charge in [0.05, 0.1) is 0 Å². The average Bonchev–Trinajstić information content (AvgIpc) is 2.42. The van der Waals surface area contributed by atoms with E-state index in [1.165, 1.54) is 0 Å². The molecule has 1 aliphatic rings. The molecule has 1 aromatic rings. The second-order valence-corrected chi connectivity index (χ2v) is 4.30. The first-order valence-electron chi connectivity index (χ1n) is 5.80. The molecular formula is C13H13NO5. The highest BCUT2D eigenvalue weighted by atomic mass is 16.6. The number of nitrogens with one attached hydrogen (secondary N) is 1. The quantitative estimate of drug-likeness (QED) is 0.451. The van der Waals surface area contributed by atoms with Gasteiger partial charge in [-0.25, -0.2) is 4.79 Å². The van der Waals surface area contributed by atoms with Crippen molar-refractivity contribution >= 4 is 17.8 Å². The average molecular weight is 263 g/mol. The summed E-state index contributed by atoms with van der Waals surface area (Å²) >= 11 is 0. The Morgan fingerprint density at radius 2 is 2.00 bits per heavy atom. The minimum absolute atomic E-state index is 0.0385. The molecule has 6 heteroatoms. The van der Waals surface area contributed by atoms with Gasteiger partial charge in [-0.1, -0.05) is 30.3 Å². The number of esters is 1. The van der Waals surface area contributed by atoms with Crippen LogP contribution in [0.25, 0.3) is 0 Å². The highest BCUT2D eigenvalue weighted by Crippen LogP contribution is 2.20. The number of amides is 2. The van der Waals surface area contributed by atoms with E-state index in [2.05, 4.69) is 0 Å². The lowest BCUT2D eigenvalue weighted by Gasteiger charge is -2.27. The molecule has 1 unspecified atom stereocenters. The number of hydrogen-bond donors (Lipinski definition) is 2. The van der Waals surface area contributed by atoms with E-state index >= 15 is 0 Å². The molecule has 0 aliphatic carbocycles. The van der Waals surface area contributed by atoms with Crippen LogP contribution in [0.1, 0.15) is 18.4 Å². The van der Waals surface area contributed by atoms with Crippen LogP contribution >= 0.6 is 0 Å². The standard InChI is InChI=1S/C13H13NO5/c15-10-6-7-13(18,11(16)14-10)12(17)19-8-9-4-2-1-3-5-9/h1-5,18H,6-8H2,(H,14,15,16). The molecule has 2 N–H and O–H groups in total. The zero-order valence-corrected chi connectivity index (χ0v) is 10.1. The monoisotopic (exact) mass is 263 g/mol. The van der Waals surface area contributed by atoms with E-state index in [9.17, 15) is 19.5 Å². The number of benzene rings is 1. The highest BCUT2D eigenvalue weighted by Gasteiger charge is 2.49. The molecule has 100 valence electrons. The van der Waals surface area contributed by atoms with Gasteiger partial charge in [0.15, 0.2) is 0 Å². The molecule has 0 saturated carbocycles. The lowest BCUT2D eigenvalue weighted by atomic mass is 9.93. The van der Waals surface area contributed by atoms with Crippen LogP contribution < -0.4 is 5.32 Å². The first kappa shape index (κ1) is 13.2. The summed E-state index contributed by atoms with van der Waals surface area (Å²) in [5.74, 6) is -2.58. The van der Waals surface area contributed by atoms with Crippen LogP contribution in [0.5, 0.6) is 0 Å². The van der Waals surface area contributed by atoms with Crippen LogP contribution in [-0.2, 0) is 25.7 Å². The largest absolute Gasteiger partial charge is 0.458 e. The fraction of sp³-hybridized carbons (Fsp3) is 0.308. The van der Waals surface area contributed by atoms with E-state index in [4.69, 9.17) is 4.74 Å². The number of hydrogen-bond acceptors (Lipinski definition) is 5. The van der Waals surface area contributed by atoms with Crippen molar-refractivity contribution in [3.63, 3.8) is 0 Å². The third kappa shape index (κ3) is 2.79. The number of ether oxygens (including phenoxy) is 1. The molecule has 1 fully saturated rings. The molecule has 0 bridgehead atoms. The number of piperidine rings is 1. The highest BCUT2D eigenvalue weighted by molar-refractivity contribution is 6.13. The molecule has 1 atom stereocenters. The van der Waals surface area contributed by atoms with Gasteiger partial charge in [-0.15, -0.1) is 0 Å². The Labute approximate surface area is 109 Å². The molecule has 0 radical (unpaired) electrons. The number of imide groups is 1. The van der Waals surface area contributed by atoms with E-state index < -0.39 is 23.4 Å². The predicted molar refractivity (Wildman–Crippen MR) is 63.6 cm³/mol. The molecule has 2 rings (SSSR count). The number of rotatable bonds is 3. The number of carbonyl (C=O) groups is 3. The number of carbonyl (C=O) groups excluding carboxylic acids is 3. The molecule has 1 saturated heterocycles. The van der Waals surface area contributed by atoms with Crippen molar-refractivity contribution in [2.24, 2.45) is 0 Å². The van der Waals surface area contributed by atoms with E-state index in [0.717, 1.165) is 5.56 Å². The summed E-state index contributed by atoms with van der Waals surface area (Å²) in [7, 11) is 0. The van der Waals surface area contributed by atoms with Gasteiger partial charge in [0.2, 0.25) is 11.5 Å². The van der Waals surface area contributed by atoms with Gasteiger partial charge < -0.3 is 9.84 Å². The SMILES string of the molecule is O=C1CCC(O)(C(=O)OCc2ccccc2)C(=O)N1. The second-order valence-electron chi connectivity index (χ2n) is 4.30. The van der Waals surface area contributed by atoms with E-state index in [1.807, 2.05) is 11.4 Å². The summed E-state index contributed by atoms with van der Waals surface area (Å²) in [6, 6.07) is 8.89. The van der Waals surface area contributed by atoms with E-state index in [-0.39, 0.29) is 19.4 Å². The zero-order valence-electron chi connectivity index (χ0n) is 10.1. The van der Waals surface area contributed by atoms with Crippen LogP contribution in [0, 0.1) is 0 Å². The molecule has 6 nitrogen and oxygen atoms in total. The van der Waals surface area contributed by atoms with Crippen molar-refractivity contribution in [3.8, 4) is 0 Å². The Kier molecular flexibility index (Phi) is 3.62. The van der Waals surface area contributed by atoms with Gasteiger partial charge in [0.25, 0.3) is 5.91 Å². The van der Waals surface area contributed by atoms with Crippen molar-refractivity contribution in [2.75, 3.05) is 0 Å². The van der Waals surface area contributed by atoms with Crippen LogP contribution in [-0.4, -0.2) is 28.5 Å². The summed E-state index contributed by atoms with van der Waals surface area (Å²) in [5.41, 5.74) is -1.53. The van der Waals surface area contributed by atoms with Crippen molar-refractivity contribution in [2.45, 2.75) is 25.0 Å². The number of aliphatic hydroxyl groups is 1. The predicted octanol–water partition coefficient (Wildman–Crippen LogP) is -0.102. The minimum Gasteiger partial charge on any atom is -0.458 e.